The van der Waals surface area contributed by atoms with Crippen molar-refractivity contribution in [2.24, 2.45) is 7.05 Å². The number of rotatable bonds is 3. The minimum Gasteiger partial charge on any atom is -0.377 e. The number of para-hydroxylation sites is 1. The fourth-order valence-electron chi connectivity index (χ4n) is 2.84. The van der Waals surface area contributed by atoms with Crippen LogP contribution in [-0.4, -0.2) is 4.57 Å². The van der Waals surface area contributed by atoms with Crippen LogP contribution in [0.1, 0.15) is 16.8 Å². The second-order valence-corrected chi connectivity index (χ2v) is 5.48. The molecule has 0 atom stereocenters. The van der Waals surface area contributed by atoms with E-state index in [0.717, 1.165) is 5.56 Å². The first-order chi connectivity index (χ1) is 10.1. The number of nitrogens with zero attached hydrogens (tertiary/aromatic N) is 1. The maximum Gasteiger partial charge on any atom is 0.146 e. The molecule has 0 radical (unpaired) electrons. The predicted molar refractivity (Wildman–Crippen MR) is 86.1 cm³/mol. The van der Waals surface area contributed by atoms with Gasteiger partial charge in [-0.05, 0) is 43.2 Å². The highest BCUT2D eigenvalue weighted by molar-refractivity contribution is 5.85. The highest BCUT2D eigenvalue weighted by Crippen LogP contribution is 2.25. The van der Waals surface area contributed by atoms with E-state index in [1.165, 1.54) is 28.2 Å². The number of halogens is 1. The van der Waals surface area contributed by atoms with Crippen LogP contribution < -0.4 is 5.32 Å². The second-order valence-electron chi connectivity index (χ2n) is 5.48. The van der Waals surface area contributed by atoms with E-state index in [0.29, 0.717) is 12.2 Å². The van der Waals surface area contributed by atoms with Crippen LogP contribution in [0.5, 0.6) is 0 Å². The van der Waals surface area contributed by atoms with Gasteiger partial charge in [-0.15, -0.1) is 0 Å². The number of anilines is 1. The van der Waals surface area contributed by atoms with Crippen LogP contribution >= 0.6 is 0 Å². The highest BCUT2D eigenvalue weighted by atomic mass is 19.1. The number of aromatic nitrogens is 1. The zero-order valence-electron chi connectivity index (χ0n) is 12.6. The lowest BCUT2D eigenvalue weighted by Crippen LogP contribution is -2.07. The minimum absolute atomic E-state index is 0.211. The van der Waals surface area contributed by atoms with E-state index in [9.17, 15) is 4.39 Å². The van der Waals surface area contributed by atoms with E-state index in [1.807, 2.05) is 25.1 Å². The van der Waals surface area contributed by atoms with Crippen molar-refractivity contribution in [3.63, 3.8) is 0 Å². The Morgan fingerprint density at radius 2 is 1.86 bits per heavy atom. The van der Waals surface area contributed by atoms with Crippen LogP contribution in [0.2, 0.25) is 0 Å². The standard InChI is InChI=1S/C18H19FN2/c1-12-8-9-15(19)16(10-12)20-11-18-13(2)14-6-4-5-7-17(14)21(18)3/h4-10,20H,11H2,1-3H3. The summed E-state index contributed by atoms with van der Waals surface area (Å²) in [6.45, 7) is 4.69. The number of fused-ring (bicyclic) bond motifs is 1. The van der Waals surface area contributed by atoms with Gasteiger partial charge in [-0.2, -0.15) is 0 Å². The van der Waals surface area contributed by atoms with Crippen molar-refractivity contribution in [2.75, 3.05) is 5.32 Å². The molecule has 0 saturated carbocycles. The molecule has 2 nitrogen and oxygen atoms in total. The monoisotopic (exact) mass is 282 g/mol. The molecule has 0 fully saturated rings. The van der Waals surface area contributed by atoms with Crippen LogP contribution in [0.25, 0.3) is 10.9 Å². The molecule has 3 aromatic rings. The molecule has 3 rings (SSSR count). The van der Waals surface area contributed by atoms with Crippen LogP contribution in [0.15, 0.2) is 42.5 Å². The third-order valence-electron chi connectivity index (χ3n) is 4.08. The second kappa shape index (κ2) is 5.24. The molecule has 0 saturated heterocycles. The molecule has 2 aromatic carbocycles. The molecule has 0 amide bonds. The smallest absolute Gasteiger partial charge is 0.146 e. The third-order valence-corrected chi connectivity index (χ3v) is 4.08. The molecule has 0 aliphatic rings. The Morgan fingerprint density at radius 3 is 2.62 bits per heavy atom. The molecule has 3 heteroatoms. The number of aryl methyl sites for hydroxylation is 3. The average Bonchev–Trinajstić information content (AvgIpc) is 2.73. The topological polar surface area (TPSA) is 17.0 Å². The van der Waals surface area contributed by atoms with Crippen molar-refractivity contribution < 1.29 is 4.39 Å². The summed E-state index contributed by atoms with van der Waals surface area (Å²) in [5.74, 6) is -0.211. The molecule has 0 spiro atoms. The van der Waals surface area contributed by atoms with Gasteiger partial charge in [-0.3, -0.25) is 0 Å². The van der Waals surface area contributed by atoms with Gasteiger partial charge >= 0.3 is 0 Å². The fourth-order valence-corrected chi connectivity index (χ4v) is 2.84. The van der Waals surface area contributed by atoms with E-state index in [1.54, 1.807) is 6.07 Å². The molecular formula is C18H19FN2. The third kappa shape index (κ3) is 2.40. The molecule has 0 bridgehead atoms. The quantitative estimate of drug-likeness (QED) is 0.746. The molecular weight excluding hydrogens is 263 g/mol. The lowest BCUT2D eigenvalue weighted by atomic mass is 10.1. The van der Waals surface area contributed by atoms with Gasteiger partial charge in [0.2, 0.25) is 0 Å². The lowest BCUT2D eigenvalue weighted by Gasteiger charge is -2.10. The molecule has 0 aliphatic carbocycles. The van der Waals surface area contributed by atoms with Gasteiger partial charge in [0.05, 0.1) is 12.2 Å². The number of benzene rings is 2. The summed E-state index contributed by atoms with van der Waals surface area (Å²) in [5, 5.41) is 4.47. The first-order valence-electron chi connectivity index (χ1n) is 7.11. The fraction of sp³-hybridized carbons (Fsp3) is 0.222. The maximum absolute atomic E-state index is 13.8. The maximum atomic E-state index is 13.8. The van der Waals surface area contributed by atoms with Crippen molar-refractivity contribution >= 4 is 16.6 Å². The van der Waals surface area contributed by atoms with Crippen LogP contribution in [0, 0.1) is 19.7 Å². The van der Waals surface area contributed by atoms with E-state index in [-0.39, 0.29) is 5.82 Å². The van der Waals surface area contributed by atoms with Crippen LogP contribution in [0.4, 0.5) is 10.1 Å². The van der Waals surface area contributed by atoms with Gasteiger partial charge < -0.3 is 9.88 Å². The summed E-state index contributed by atoms with van der Waals surface area (Å²) < 4.78 is 16.0. The first-order valence-corrected chi connectivity index (χ1v) is 7.11. The van der Waals surface area contributed by atoms with E-state index in [4.69, 9.17) is 0 Å². The summed E-state index contributed by atoms with van der Waals surface area (Å²) >= 11 is 0. The average molecular weight is 282 g/mol. The largest absolute Gasteiger partial charge is 0.377 e. The molecule has 1 N–H and O–H groups in total. The molecule has 21 heavy (non-hydrogen) atoms. The molecule has 0 unspecified atom stereocenters. The molecule has 1 aromatic heterocycles. The lowest BCUT2D eigenvalue weighted by molar-refractivity contribution is 0.629. The number of nitrogens with one attached hydrogen (secondary N) is 1. The Labute approximate surface area is 124 Å². The van der Waals surface area contributed by atoms with E-state index < -0.39 is 0 Å². The summed E-state index contributed by atoms with van der Waals surface area (Å²) in [6.07, 6.45) is 0. The normalized spacial score (nSPS) is 11.0. The minimum atomic E-state index is -0.211. The number of hydrogen-bond donors (Lipinski definition) is 1. The predicted octanol–water partition coefficient (Wildman–Crippen LogP) is 4.55. The Balaban J connectivity index is 1.94. The molecule has 1 heterocycles. The van der Waals surface area contributed by atoms with E-state index >= 15 is 0 Å². The number of hydrogen-bond acceptors (Lipinski definition) is 1. The Hall–Kier alpha value is -2.29. The first kappa shape index (κ1) is 13.7. The van der Waals surface area contributed by atoms with Gasteiger partial charge in [0, 0.05) is 23.6 Å². The summed E-state index contributed by atoms with van der Waals surface area (Å²) in [7, 11) is 2.05. The zero-order valence-corrected chi connectivity index (χ0v) is 12.6. The zero-order chi connectivity index (χ0) is 15.0. The Bertz CT molecular complexity index is 763. The van der Waals surface area contributed by atoms with Gasteiger partial charge in [-0.25, -0.2) is 4.39 Å². The molecule has 108 valence electrons. The van der Waals surface area contributed by atoms with Gasteiger partial charge in [0.1, 0.15) is 5.82 Å². The highest BCUT2D eigenvalue weighted by Gasteiger charge is 2.11. The van der Waals surface area contributed by atoms with Crippen LogP contribution in [-0.2, 0) is 13.6 Å². The Kier molecular flexibility index (Phi) is 3.42. The Morgan fingerprint density at radius 1 is 1.10 bits per heavy atom. The van der Waals surface area contributed by atoms with Crippen LogP contribution in [0.3, 0.4) is 0 Å². The van der Waals surface area contributed by atoms with E-state index in [2.05, 4.69) is 36.0 Å². The van der Waals surface area contributed by atoms with Crippen molar-refractivity contribution in [3.8, 4) is 0 Å². The van der Waals surface area contributed by atoms with Crippen molar-refractivity contribution in [2.45, 2.75) is 20.4 Å². The molecule has 0 aliphatic heterocycles. The van der Waals surface area contributed by atoms with Crippen molar-refractivity contribution in [1.29, 1.82) is 0 Å². The summed E-state index contributed by atoms with van der Waals surface area (Å²) in [5.41, 5.74) is 5.23. The van der Waals surface area contributed by atoms with Gasteiger partial charge in [0.15, 0.2) is 0 Å². The van der Waals surface area contributed by atoms with Crippen molar-refractivity contribution in [1.82, 2.24) is 4.57 Å². The van der Waals surface area contributed by atoms with Gasteiger partial charge in [0.25, 0.3) is 0 Å². The summed E-state index contributed by atoms with van der Waals surface area (Å²) in [4.78, 5) is 0. The van der Waals surface area contributed by atoms with Gasteiger partial charge in [-0.1, -0.05) is 24.3 Å². The summed E-state index contributed by atoms with van der Waals surface area (Å²) in [6, 6.07) is 13.5. The van der Waals surface area contributed by atoms with Crippen molar-refractivity contribution in [3.05, 3.63) is 65.1 Å². The SMILES string of the molecule is Cc1ccc(F)c(NCc2c(C)c3ccccc3n2C)c1.